The number of hydrogen-bond donors (Lipinski definition) is 2. The number of hydrogen-bond acceptors (Lipinski definition) is 6. The van der Waals surface area contributed by atoms with Gasteiger partial charge in [-0.2, -0.15) is 4.98 Å². The molecule has 7 heteroatoms. The van der Waals surface area contributed by atoms with E-state index >= 15 is 0 Å². The van der Waals surface area contributed by atoms with Gasteiger partial charge in [0.05, 0.1) is 12.8 Å². The number of aromatic amines is 1. The second kappa shape index (κ2) is 4.84. The molecule has 0 radical (unpaired) electrons. The lowest BCUT2D eigenvalue weighted by atomic mass is 10.4. The van der Waals surface area contributed by atoms with Gasteiger partial charge in [-0.25, -0.2) is 10.1 Å². The molecule has 0 aromatic carbocycles. The summed E-state index contributed by atoms with van der Waals surface area (Å²) in [4.78, 5) is 8.26. The molecule has 3 N–H and O–H groups in total. The normalized spacial score (nSPS) is 10.3. The van der Waals surface area contributed by atoms with Gasteiger partial charge < -0.3 is 10.5 Å². The molecule has 0 bridgehead atoms. The van der Waals surface area contributed by atoms with E-state index in [9.17, 15) is 0 Å². The van der Waals surface area contributed by atoms with Crippen LogP contribution in [0.3, 0.4) is 0 Å². The van der Waals surface area contributed by atoms with Crippen molar-refractivity contribution < 1.29 is 4.74 Å². The molecule has 0 fully saturated rings. The molecule has 0 atom stereocenters. The molecule has 0 unspecified atom stereocenters. The van der Waals surface area contributed by atoms with Crippen LogP contribution in [0.1, 0.15) is 5.69 Å². The highest BCUT2D eigenvalue weighted by atomic mass is 32.2. The van der Waals surface area contributed by atoms with Gasteiger partial charge in [0.2, 0.25) is 17.0 Å². The summed E-state index contributed by atoms with van der Waals surface area (Å²) in [6.07, 6.45) is 0. The third kappa shape index (κ3) is 2.63. The van der Waals surface area contributed by atoms with Gasteiger partial charge in [0, 0.05) is 11.8 Å². The molecular weight excluding hydrogens is 226 g/mol. The molecule has 2 rings (SSSR count). The van der Waals surface area contributed by atoms with Crippen molar-refractivity contribution in [3.8, 4) is 5.88 Å². The minimum atomic E-state index is 0.320. The van der Waals surface area contributed by atoms with Crippen LogP contribution in [0.5, 0.6) is 5.88 Å². The minimum Gasteiger partial charge on any atom is -0.481 e. The van der Waals surface area contributed by atoms with Gasteiger partial charge in [-0.05, 0) is 6.07 Å². The summed E-state index contributed by atoms with van der Waals surface area (Å²) < 4.78 is 5.03. The average molecular weight is 237 g/mol. The fourth-order valence-corrected chi connectivity index (χ4v) is 1.82. The summed E-state index contributed by atoms with van der Waals surface area (Å²) >= 11 is 1.46. The van der Waals surface area contributed by atoms with Crippen molar-refractivity contribution in [1.82, 2.24) is 20.2 Å². The maximum absolute atomic E-state index is 5.42. The van der Waals surface area contributed by atoms with Crippen molar-refractivity contribution in [1.29, 1.82) is 0 Å². The van der Waals surface area contributed by atoms with Crippen LogP contribution >= 0.6 is 11.8 Å². The summed E-state index contributed by atoms with van der Waals surface area (Å²) in [5, 5.41) is 7.11. The van der Waals surface area contributed by atoms with Crippen LogP contribution in [0.15, 0.2) is 23.4 Å². The number of nitrogens with two attached hydrogens (primary N) is 1. The van der Waals surface area contributed by atoms with Crippen molar-refractivity contribution >= 4 is 17.7 Å². The van der Waals surface area contributed by atoms with Gasteiger partial charge in [0.1, 0.15) is 0 Å². The third-order valence-electron chi connectivity index (χ3n) is 1.82. The lowest BCUT2D eigenvalue weighted by Gasteiger charge is -2.01. The molecule has 0 aliphatic carbocycles. The van der Waals surface area contributed by atoms with Crippen LogP contribution in [-0.4, -0.2) is 27.3 Å². The molecule has 16 heavy (non-hydrogen) atoms. The maximum atomic E-state index is 5.42. The molecule has 2 aromatic heterocycles. The number of rotatable bonds is 4. The molecule has 2 aromatic rings. The van der Waals surface area contributed by atoms with Gasteiger partial charge in [0.25, 0.3) is 0 Å². The van der Waals surface area contributed by atoms with E-state index in [1.807, 2.05) is 12.1 Å². The standard InChI is InChI=1S/C9H11N5OS/c1-15-7-4-2-3-6(11-7)5-16-9-12-8(10)13-14-9/h2-4H,5H2,1H3,(H3,10,12,13,14). The number of aromatic nitrogens is 4. The van der Waals surface area contributed by atoms with E-state index in [2.05, 4.69) is 20.2 Å². The van der Waals surface area contributed by atoms with Gasteiger partial charge in [-0.15, -0.1) is 5.10 Å². The Morgan fingerprint density at radius 2 is 2.31 bits per heavy atom. The largest absolute Gasteiger partial charge is 0.481 e. The van der Waals surface area contributed by atoms with E-state index in [0.717, 1.165) is 5.69 Å². The van der Waals surface area contributed by atoms with E-state index in [1.165, 1.54) is 11.8 Å². The van der Waals surface area contributed by atoms with E-state index in [-0.39, 0.29) is 0 Å². The number of pyridine rings is 1. The molecule has 0 amide bonds. The lowest BCUT2D eigenvalue weighted by Crippen LogP contribution is -1.91. The molecule has 0 saturated heterocycles. The second-order valence-electron chi connectivity index (χ2n) is 2.96. The second-order valence-corrected chi connectivity index (χ2v) is 3.91. The van der Waals surface area contributed by atoms with Gasteiger partial charge >= 0.3 is 0 Å². The number of nitrogens with zero attached hydrogens (tertiary/aromatic N) is 3. The van der Waals surface area contributed by atoms with Crippen molar-refractivity contribution in [2.24, 2.45) is 0 Å². The summed E-state index contributed by atoms with van der Waals surface area (Å²) in [6, 6.07) is 5.62. The van der Waals surface area contributed by atoms with Crippen LogP contribution in [-0.2, 0) is 5.75 Å². The highest BCUT2D eigenvalue weighted by molar-refractivity contribution is 7.98. The Balaban J connectivity index is 1.99. The molecule has 0 saturated carbocycles. The fourth-order valence-electron chi connectivity index (χ4n) is 1.11. The summed E-state index contributed by atoms with van der Waals surface area (Å²) in [6.45, 7) is 0. The first-order valence-electron chi connectivity index (χ1n) is 4.58. The number of anilines is 1. The monoisotopic (exact) mass is 237 g/mol. The van der Waals surface area contributed by atoms with Gasteiger partial charge in [-0.1, -0.05) is 17.8 Å². The van der Waals surface area contributed by atoms with Gasteiger partial charge in [-0.3, -0.25) is 0 Å². The van der Waals surface area contributed by atoms with Crippen molar-refractivity contribution in [3.05, 3.63) is 23.9 Å². The van der Waals surface area contributed by atoms with E-state index in [1.54, 1.807) is 13.2 Å². The predicted octanol–water partition coefficient (Wildman–Crippen LogP) is 1.08. The summed E-state index contributed by atoms with van der Waals surface area (Å²) in [5.41, 5.74) is 6.33. The van der Waals surface area contributed by atoms with E-state index in [4.69, 9.17) is 10.5 Å². The maximum Gasteiger partial charge on any atom is 0.216 e. The number of nitrogen functional groups attached to an aromatic ring is 1. The Bertz CT molecular complexity index is 472. The Morgan fingerprint density at radius 1 is 1.44 bits per heavy atom. The quantitative estimate of drug-likeness (QED) is 0.773. The number of thioether (sulfide) groups is 1. The average Bonchev–Trinajstić information content (AvgIpc) is 2.73. The van der Waals surface area contributed by atoms with Crippen molar-refractivity contribution in [3.63, 3.8) is 0 Å². The van der Waals surface area contributed by atoms with Crippen LogP contribution in [0.25, 0.3) is 0 Å². The highest BCUT2D eigenvalue weighted by Crippen LogP contribution is 2.19. The Hall–Kier alpha value is -1.76. The minimum absolute atomic E-state index is 0.320. The van der Waals surface area contributed by atoms with Crippen molar-refractivity contribution in [2.75, 3.05) is 12.8 Å². The Labute approximate surface area is 96.6 Å². The summed E-state index contributed by atoms with van der Waals surface area (Å²) in [7, 11) is 1.59. The van der Waals surface area contributed by atoms with Crippen LogP contribution in [0.4, 0.5) is 5.95 Å². The van der Waals surface area contributed by atoms with Crippen LogP contribution < -0.4 is 10.5 Å². The van der Waals surface area contributed by atoms with Crippen LogP contribution in [0, 0.1) is 0 Å². The molecule has 0 aliphatic heterocycles. The first kappa shape index (κ1) is 10.7. The first-order chi connectivity index (χ1) is 7.78. The predicted molar refractivity (Wildman–Crippen MR) is 61.1 cm³/mol. The number of H-pyrrole nitrogens is 1. The topological polar surface area (TPSA) is 89.7 Å². The molecule has 2 heterocycles. The lowest BCUT2D eigenvalue weighted by molar-refractivity contribution is 0.397. The molecule has 6 nitrogen and oxygen atoms in total. The molecule has 0 aliphatic rings. The van der Waals surface area contributed by atoms with Gasteiger partial charge in [0.15, 0.2) is 0 Å². The zero-order chi connectivity index (χ0) is 11.4. The smallest absolute Gasteiger partial charge is 0.216 e. The zero-order valence-corrected chi connectivity index (χ0v) is 9.49. The third-order valence-corrected chi connectivity index (χ3v) is 2.70. The molecular formula is C9H11N5OS. The number of ether oxygens (including phenoxy) is 1. The SMILES string of the molecule is COc1cccc(CSc2n[nH]c(N)n2)n1. The highest BCUT2D eigenvalue weighted by Gasteiger charge is 2.03. The van der Waals surface area contributed by atoms with E-state index < -0.39 is 0 Å². The first-order valence-corrected chi connectivity index (χ1v) is 5.57. The Morgan fingerprint density at radius 3 is 3.00 bits per heavy atom. The van der Waals surface area contributed by atoms with Crippen LogP contribution in [0.2, 0.25) is 0 Å². The molecule has 84 valence electrons. The zero-order valence-electron chi connectivity index (χ0n) is 8.67. The summed E-state index contributed by atoms with van der Waals surface area (Å²) in [5.74, 6) is 1.60. The number of nitrogens with one attached hydrogen (secondary N) is 1. The molecule has 0 spiro atoms. The Kier molecular flexibility index (Phi) is 3.25. The van der Waals surface area contributed by atoms with Crippen molar-refractivity contribution in [2.45, 2.75) is 10.9 Å². The number of methoxy groups -OCH3 is 1. The fraction of sp³-hybridized carbons (Fsp3) is 0.222. The van der Waals surface area contributed by atoms with E-state index in [0.29, 0.717) is 22.7 Å².